The van der Waals surface area contributed by atoms with Gasteiger partial charge in [0.1, 0.15) is 5.75 Å². The van der Waals surface area contributed by atoms with Crippen LogP contribution in [-0.2, 0) is 0 Å². The van der Waals surface area contributed by atoms with Crippen LogP contribution in [0.2, 0.25) is 0 Å². The first kappa shape index (κ1) is 12.5. The van der Waals surface area contributed by atoms with Crippen molar-refractivity contribution < 1.29 is 13.9 Å². The van der Waals surface area contributed by atoms with Crippen LogP contribution >= 0.6 is 15.9 Å². The zero-order chi connectivity index (χ0) is 13.0. The normalized spacial score (nSPS) is 9.89. The van der Waals surface area contributed by atoms with E-state index in [1.807, 2.05) is 0 Å². The Labute approximate surface area is 112 Å². The second kappa shape index (κ2) is 5.59. The molecule has 5 nitrogen and oxygen atoms in total. The van der Waals surface area contributed by atoms with Crippen LogP contribution in [0.4, 0.5) is 16.4 Å². The van der Waals surface area contributed by atoms with E-state index in [1.54, 1.807) is 43.5 Å². The molecule has 0 atom stereocenters. The minimum absolute atomic E-state index is 0.368. The van der Waals surface area contributed by atoms with Crippen LogP contribution in [-0.4, -0.2) is 13.1 Å². The van der Waals surface area contributed by atoms with Crippen molar-refractivity contribution in [1.82, 2.24) is 0 Å². The van der Waals surface area contributed by atoms with Gasteiger partial charge in [-0.1, -0.05) is 0 Å². The number of carbonyl (C=O) groups excluding carboxylic acids is 1. The van der Waals surface area contributed by atoms with Gasteiger partial charge in [0.25, 0.3) is 0 Å². The summed E-state index contributed by atoms with van der Waals surface area (Å²) in [5, 5.41) is 5.23. The number of nitrogens with one attached hydrogen (secondary N) is 2. The average molecular weight is 311 g/mol. The maximum absolute atomic E-state index is 11.6. The number of halogens is 1. The van der Waals surface area contributed by atoms with E-state index in [2.05, 4.69) is 26.6 Å². The molecule has 2 aromatic rings. The molecule has 18 heavy (non-hydrogen) atoms. The van der Waals surface area contributed by atoms with E-state index < -0.39 is 0 Å². The van der Waals surface area contributed by atoms with Crippen molar-refractivity contribution in [1.29, 1.82) is 0 Å². The average Bonchev–Trinajstić information content (AvgIpc) is 2.75. The number of amides is 2. The van der Waals surface area contributed by atoms with Crippen LogP contribution in [0.3, 0.4) is 0 Å². The number of furan rings is 1. The minimum Gasteiger partial charge on any atom is -0.497 e. The Bertz CT molecular complexity index is 537. The van der Waals surface area contributed by atoms with Gasteiger partial charge in [0.2, 0.25) is 5.88 Å². The highest BCUT2D eigenvalue weighted by Gasteiger charge is 2.05. The summed E-state index contributed by atoms with van der Waals surface area (Å²) in [4.78, 5) is 11.6. The maximum atomic E-state index is 11.6. The summed E-state index contributed by atoms with van der Waals surface area (Å²) < 4.78 is 10.7. The molecule has 0 aliphatic rings. The summed E-state index contributed by atoms with van der Waals surface area (Å²) in [5.41, 5.74) is 0.666. The molecule has 2 amide bonds. The van der Waals surface area contributed by atoms with Crippen LogP contribution in [0.25, 0.3) is 0 Å². The number of carbonyl (C=O) groups is 1. The van der Waals surface area contributed by atoms with Crippen LogP contribution in [0.5, 0.6) is 5.75 Å². The summed E-state index contributed by atoms with van der Waals surface area (Å²) in [6.07, 6.45) is 0. The van der Waals surface area contributed by atoms with Gasteiger partial charge in [0.05, 0.1) is 7.11 Å². The number of urea groups is 1. The van der Waals surface area contributed by atoms with Gasteiger partial charge in [-0.15, -0.1) is 0 Å². The molecule has 0 bridgehead atoms. The lowest BCUT2D eigenvalue weighted by Crippen LogP contribution is -2.18. The van der Waals surface area contributed by atoms with Crippen molar-refractivity contribution in [3.63, 3.8) is 0 Å². The Morgan fingerprint density at radius 3 is 2.44 bits per heavy atom. The Hall–Kier alpha value is -1.95. The smallest absolute Gasteiger partial charge is 0.326 e. The number of anilines is 2. The fraction of sp³-hybridized carbons (Fsp3) is 0.0833. The molecule has 0 fully saturated rings. The van der Waals surface area contributed by atoms with Crippen LogP contribution in [0.15, 0.2) is 45.5 Å². The quantitative estimate of drug-likeness (QED) is 0.908. The largest absolute Gasteiger partial charge is 0.497 e. The number of methoxy groups -OCH3 is 1. The van der Waals surface area contributed by atoms with E-state index in [0.29, 0.717) is 16.2 Å². The summed E-state index contributed by atoms with van der Waals surface area (Å²) >= 11 is 3.15. The molecule has 0 radical (unpaired) electrons. The first-order valence-electron chi connectivity index (χ1n) is 5.15. The molecule has 94 valence electrons. The number of benzene rings is 1. The molecule has 0 aliphatic heterocycles. The number of ether oxygens (including phenoxy) is 1. The molecule has 0 spiro atoms. The van der Waals surface area contributed by atoms with E-state index in [1.165, 1.54) is 0 Å². The Morgan fingerprint density at radius 2 is 1.89 bits per heavy atom. The van der Waals surface area contributed by atoms with Crippen molar-refractivity contribution in [2.45, 2.75) is 0 Å². The molecule has 1 heterocycles. The lowest BCUT2D eigenvalue weighted by molar-refractivity contribution is 0.261. The maximum Gasteiger partial charge on any atom is 0.326 e. The van der Waals surface area contributed by atoms with E-state index in [4.69, 9.17) is 9.15 Å². The summed E-state index contributed by atoms with van der Waals surface area (Å²) in [7, 11) is 1.59. The standard InChI is InChI=1S/C12H11BrN2O3/c1-17-9-4-2-8(3-5-9)14-12(16)15-11-7-6-10(13)18-11/h2-7H,1H3,(H2,14,15,16). The first-order valence-corrected chi connectivity index (χ1v) is 5.94. The first-order chi connectivity index (χ1) is 8.67. The van der Waals surface area contributed by atoms with Crippen molar-refractivity contribution in [3.8, 4) is 5.75 Å². The molecular weight excluding hydrogens is 300 g/mol. The van der Waals surface area contributed by atoms with Crippen LogP contribution in [0, 0.1) is 0 Å². The van der Waals surface area contributed by atoms with E-state index >= 15 is 0 Å². The van der Waals surface area contributed by atoms with Gasteiger partial charge in [-0.2, -0.15) is 0 Å². The molecule has 6 heteroatoms. The van der Waals surface area contributed by atoms with Gasteiger partial charge in [-0.3, -0.25) is 5.32 Å². The molecule has 0 aliphatic carbocycles. The zero-order valence-corrected chi connectivity index (χ0v) is 11.2. The van der Waals surface area contributed by atoms with E-state index in [9.17, 15) is 4.79 Å². The van der Waals surface area contributed by atoms with Crippen molar-refractivity contribution >= 4 is 33.5 Å². The van der Waals surface area contributed by atoms with Gasteiger partial charge in [-0.25, -0.2) is 4.79 Å². The summed E-state index contributed by atoms with van der Waals surface area (Å²) in [6.45, 7) is 0. The second-order valence-corrected chi connectivity index (χ2v) is 4.19. The van der Waals surface area contributed by atoms with Crippen LogP contribution < -0.4 is 15.4 Å². The topological polar surface area (TPSA) is 63.5 Å². The zero-order valence-electron chi connectivity index (χ0n) is 9.57. The third kappa shape index (κ3) is 3.27. The third-order valence-corrected chi connectivity index (χ3v) is 2.58. The number of rotatable bonds is 3. The van der Waals surface area contributed by atoms with Gasteiger partial charge >= 0.3 is 6.03 Å². The predicted molar refractivity (Wildman–Crippen MR) is 72.0 cm³/mol. The molecule has 2 rings (SSSR count). The predicted octanol–water partition coefficient (Wildman–Crippen LogP) is 3.69. The molecule has 0 saturated carbocycles. The van der Waals surface area contributed by atoms with E-state index in [0.717, 1.165) is 5.75 Å². The molecule has 1 aromatic heterocycles. The molecule has 1 aromatic carbocycles. The minimum atomic E-state index is -0.373. The Kier molecular flexibility index (Phi) is 3.88. The molecule has 0 unspecified atom stereocenters. The highest BCUT2D eigenvalue weighted by atomic mass is 79.9. The lowest BCUT2D eigenvalue weighted by Gasteiger charge is -2.06. The lowest BCUT2D eigenvalue weighted by atomic mass is 10.3. The van der Waals surface area contributed by atoms with Crippen LogP contribution in [0.1, 0.15) is 0 Å². The van der Waals surface area contributed by atoms with Crippen molar-refractivity contribution in [2.24, 2.45) is 0 Å². The van der Waals surface area contributed by atoms with Gasteiger partial charge < -0.3 is 14.5 Å². The van der Waals surface area contributed by atoms with Crippen molar-refractivity contribution in [2.75, 3.05) is 17.7 Å². The molecule has 0 saturated heterocycles. The Balaban J connectivity index is 1.94. The van der Waals surface area contributed by atoms with Gasteiger partial charge in [0, 0.05) is 11.8 Å². The second-order valence-electron chi connectivity index (χ2n) is 3.41. The fourth-order valence-electron chi connectivity index (χ4n) is 1.33. The molecule has 2 N–H and O–H groups in total. The van der Waals surface area contributed by atoms with E-state index in [-0.39, 0.29) is 6.03 Å². The fourth-order valence-corrected chi connectivity index (χ4v) is 1.64. The summed E-state index contributed by atoms with van der Waals surface area (Å²) in [5.74, 6) is 1.10. The SMILES string of the molecule is COc1ccc(NC(=O)Nc2ccc(Br)o2)cc1. The van der Waals surface area contributed by atoms with Gasteiger partial charge in [0.15, 0.2) is 4.67 Å². The number of hydrogen-bond acceptors (Lipinski definition) is 3. The summed E-state index contributed by atoms with van der Waals surface area (Å²) in [6, 6.07) is 9.99. The number of hydrogen-bond donors (Lipinski definition) is 2. The molecular formula is C12H11BrN2O3. The third-order valence-electron chi connectivity index (χ3n) is 2.16. The highest BCUT2D eigenvalue weighted by Crippen LogP contribution is 2.19. The van der Waals surface area contributed by atoms with Crippen molar-refractivity contribution in [3.05, 3.63) is 41.1 Å². The highest BCUT2D eigenvalue weighted by molar-refractivity contribution is 9.10. The monoisotopic (exact) mass is 310 g/mol. The Morgan fingerprint density at radius 1 is 1.17 bits per heavy atom. The van der Waals surface area contributed by atoms with Gasteiger partial charge in [-0.05, 0) is 46.3 Å².